The van der Waals surface area contributed by atoms with Gasteiger partial charge in [0.05, 0.1) is 23.2 Å². The first-order valence-electron chi connectivity index (χ1n) is 7.89. The van der Waals surface area contributed by atoms with Gasteiger partial charge in [0.2, 0.25) is 0 Å². The van der Waals surface area contributed by atoms with Crippen molar-refractivity contribution >= 4 is 23.5 Å². The monoisotopic (exact) mass is 354 g/mol. The van der Waals surface area contributed by atoms with Crippen LogP contribution in [0.2, 0.25) is 5.02 Å². The van der Waals surface area contributed by atoms with Crippen molar-refractivity contribution in [3.63, 3.8) is 0 Å². The molecule has 0 aliphatic heterocycles. The van der Waals surface area contributed by atoms with E-state index in [1.807, 2.05) is 51.1 Å². The van der Waals surface area contributed by atoms with Crippen molar-refractivity contribution in [2.75, 3.05) is 5.43 Å². The van der Waals surface area contributed by atoms with E-state index < -0.39 is 0 Å². The fourth-order valence-electron chi connectivity index (χ4n) is 2.45. The number of anilines is 1. The fourth-order valence-corrected chi connectivity index (χ4v) is 2.58. The Balaban J connectivity index is 1.86. The molecule has 0 bridgehead atoms. The van der Waals surface area contributed by atoms with E-state index in [0.717, 1.165) is 22.6 Å². The number of rotatable bonds is 4. The number of hydrazone groups is 1. The van der Waals surface area contributed by atoms with Gasteiger partial charge in [-0.2, -0.15) is 5.10 Å². The molecule has 0 amide bonds. The molecule has 0 aliphatic carbocycles. The van der Waals surface area contributed by atoms with E-state index in [-0.39, 0.29) is 5.56 Å². The van der Waals surface area contributed by atoms with Gasteiger partial charge in [-0.3, -0.25) is 15.3 Å². The molecule has 1 aromatic heterocycles. The molecule has 1 heterocycles. The number of aromatic nitrogens is 2. The smallest absolute Gasteiger partial charge is 0.280 e. The highest BCUT2D eigenvalue weighted by Crippen LogP contribution is 2.14. The molecule has 0 spiro atoms. The SMILES string of the molecule is Cc1ccc(-n2[nH]c(C)c(C=NNc3ccc(Cl)cc3)c2=O)cc1C. The summed E-state index contributed by atoms with van der Waals surface area (Å²) in [5, 5.41) is 7.91. The normalized spacial score (nSPS) is 11.2. The maximum Gasteiger partial charge on any atom is 0.280 e. The van der Waals surface area contributed by atoms with Gasteiger partial charge in [0.15, 0.2) is 0 Å². The van der Waals surface area contributed by atoms with Crippen LogP contribution in [0.25, 0.3) is 5.69 Å². The van der Waals surface area contributed by atoms with Crippen LogP contribution in [0.3, 0.4) is 0 Å². The first-order chi connectivity index (χ1) is 12.0. The number of hydrogen-bond acceptors (Lipinski definition) is 3. The summed E-state index contributed by atoms with van der Waals surface area (Å²) in [4.78, 5) is 12.7. The van der Waals surface area contributed by atoms with Crippen molar-refractivity contribution in [3.05, 3.63) is 80.2 Å². The largest absolute Gasteiger partial charge is 0.295 e. The minimum atomic E-state index is -0.137. The Bertz CT molecular complexity index is 984. The molecular formula is C19H19ClN4O. The molecule has 3 aromatic rings. The van der Waals surface area contributed by atoms with Crippen molar-refractivity contribution in [1.29, 1.82) is 0 Å². The van der Waals surface area contributed by atoms with E-state index in [4.69, 9.17) is 11.6 Å². The molecule has 0 fully saturated rings. The third-order valence-electron chi connectivity index (χ3n) is 4.10. The Morgan fingerprint density at radius 2 is 1.80 bits per heavy atom. The van der Waals surface area contributed by atoms with E-state index in [1.54, 1.807) is 12.1 Å². The van der Waals surface area contributed by atoms with Crippen LogP contribution >= 0.6 is 11.6 Å². The number of nitrogens with zero attached hydrogens (tertiary/aromatic N) is 2. The van der Waals surface area contributed by atoms with Crippen molar-refractivity contribution in [2.24, 2.45) is 5.10 Å². The average molecular weight is 355 g/mol. The fraction of sp³-hybridized carbons (Fsp3) is 0.158. The molecule has 3 rings (SSSR count). The lowest BCUT2D eigenvalue weighted by Crippen LogP contribution is -2.17. The second-order valence-corrected chi connectivity index (χ2v) is 6.37. The molecule has 0 aliphatic rings. The number of aromatic amines is 1. The first kappa shape index (κ1) is 17.0. The van der Waals surface area contributed by atoms with Gasteiger partial charge in [0, 0.05) is 10.7 Å². The standard InChI is InChI=1S/C19H19ClN4O/c1-12-4-9-17(10-13(12)2)24-19(25)18(14(3)23-24)11-21-22-16-7-5-15(20)6-8-16/h4-11,22-23H,1-3H3. The number of hydrogen-bond donors (Lipinski definition) is 2. The molecule has 25 heavy (non-hydrogen) atoms. The first-order valence-corrected chi connectivity index (χ1v) is 8.27. The summed E-state index contributed by atoms with van der Waals surface area (Å²) in [5.74, 6) is 0. The van der Waals surface area contributed by atoms with E-state index >= 15 is 0 Å². The topological polar surface area (TPSA) is 62.2 Å². The van der Waals surface area contributed by atoms with Crippen LogP contribution in [-0.4, -0.2) is 16.0 Å². The number of aryl methyl sites for hydroxylation is 3. The highest BCUT2D eigenvalue weighted by molar-refractivity contribution is 6.30. The molecule has 128 valence electrons. The van der Waals surface area contributed by atoms with Gasteiger partial charge < -0.3 is 0 Å². The molecule has 0 radical (unpaired) electrons. The summed E-state index contributed by atoms with van der Waals surface area (Å²) >= 11 is 5.85. The third kappa shape index (κ3) is 3.67. The molecule has 6 heteroatoms. The summed E-state index contributed by atoms with van der Waals surface area (Å²) in [7, 11) is 0. The zero-order valence-electron chi connectivity index (χ0n) is 14.3. The number of benzene rings is 2. The second-order valence-electron chi connectivity index (χ2n) is 5.94. The zero-order chi connectivity index (χ0) is 18.0. The quantitative estimate of drug-likeness (QED) is 0.545. The van der Waals surface area contributed by atoms with Gasteiger partial charge in [-0.1, -0.05) is 17.7 Å². The highest BCUT2D eigenvalue weighted by Gasteiger charge is 2.11. The molecule has 0 atom stereocenters. The van der Waals surface area contributed by atoms with Crippen LogP contribution in [-0.2, 0) is 0 Å². The Labute approximate surface area is 150 Å². The molecule has 5 nitrogen and oxygen atoms in total. The van der Waals surface area contributed by atoms with Crippen molar-refractivity contribution in [3.8, 4) is 5.69 Å². The van der Waals surface area contributed by atoms with Crippen LogP contribution in [0.4, 0.5) is 5.69 Å². The van der Waals surface area contributed by atoms with Crippen LogP contribution in [0.15, 0.2) is 52.4 Å². The van der Waals surface area contributed by atoms with E-state index in [2.05, 4.69) is 15.6 Å². The van der Waals surface area contributed by atoms with Crippen LogP contribution in [0, 0.1) is 20.8 Å². The molecule has 0 saturated carbocycles. The van der Waals surface area contributed by atoms with Gasteiger partial charge in [0.1, 0.15) is 0 Å². The Kier molecular flexibility index (Phi) is 4.76. The number of H-pyrrole nitrogens is 1. The Morgan fingerprint density at radius 3 is 2.48 bits per heavy atom. The lowest BCUT2D eigenvalue weighted by Gasteiger charge is -2.05. The maximum atomic E-state index is 12.7. The molecule has 0 saturated heterocycles. The number of halogens is 1. The second kappa shape index (κ2) is 6.99. The van der Waals surface area contributed by atoms with E-state index in [0.29, 0.717) is 10.6 Å². The Morgan fingerprint density at radius 1 is 1.08 bits per heavy atom. The van der Waals surface area contributed by atoms with Gasteiger partial charge in [0.25, 0.3) is 5.56 Å². The van der Waals surface area contributed by atoms with Crippen LogP contribution < -0.4 is 11.0 Å². The van der Waals surface area contributed by atoms with Gasteiger partial charge in [-0.05, 0) is 68.3 Å². The number of nitrogens with one attached hydrogen (secondary N) is 2. The predicted octanol–water partition coefficient (Wildman–Crippen LogP) is 4.19. The highest BCUT2D eigenvalue weighted by atomic mass is 35.5. The summed E-state index contributed by atoms with van der Waals surface area (Å²) < 4.78 is 1.53. The van der Waals surface area contributed by atoms with E-state index in [9.17, 15) is 4.79 Å². The van der Waals surface area contributed by atoms with Crippen LogP contribution in [0.1, 0.15) is 22.4 Å². The summed E-state index contributed by atoms with van der Waals surface area (Å²) in [5.41, 5.74) is 7.95. The molecule has 2 aromatic carbocycles. The molecular weight excluding hydrogens is 336 g/mol. The Hall–Kier alpha value is -2.79. The summed E-state index contributed by atoms with van der Waals surface area (Å²) in [6, 6.07) is 13.1. The maximum absolute atomic E-state index is 12.7. The van der Waals surface area contributed by atoms with Crippen molar-refractivity contribution < 1.29 is 0 Å². The van der Waals surface area contributed by atoms with Crippen molar-refractivity contribution in [2.45, 2.75) is 20.8 Å². The van der Waals surface area contributed by atoms with Gasteiger partial charge in [-0.15, -0.1) is 0 Å². The predicted molar refractivity (Wildman–Crippen MR) is 103 cm³/mol. The lowest BCUT2D eigenvalue weighted by molar-refractivity contribution is 0.833. The minimum absolute atomic E-state index is 0.137. The molecule has 2 N–H and O–H groups in total. The summed E-state index contributed by atoms with van der Waals surface area (Å²) in [6.07, 6.45) is 1.53. The van der Waals surface area contributed by atoms with Crippen molar-refractivity contribution in [1.82, 2.24) is 9.78 Å². The van der Waals surface area contributed by atoms with E-state index in [1.165, 1.54) is 16.5 Å². The lowest BCUT2D eigenvalue weighted by atomic mass is 10.1. The van der Waals surface area contributed by atoms with Gasteiger partial charge >= 0.3 is 0 Å². The van der Waals surface area contributed by atoms with Crippen LogP contribution in [0.5, 0.6) is 0 Å². The van der Waals surface area contributed by atoms with Gasteiger partial charge in [-0.25, -0.2) is 4.68 Å². The zero-order valence-corrected chi connectivity index (χ0v) is 15.1. The minimum Gasteiger partial charge on any atom is -0.295 e. The molecule has 0 unspecified atom stereocenters. The average Bonchev–Trinajstić information content (AvgIpc) is 2.87. The third-order valence-corrected chi connectivity index (χ3v) is 4.35. The summed E-state index contributed by atoms with van der Waals surface area (Å²) in [6.45, 7) is 5.92.